The standard InChI is InChI=1S/C24H21ClN2O2S/c1-15(2)16-7-10-18(11-8-16)29-14-23(28)26-21-13-17(9-12-19(21)25)24-27-20-5-3-4-6-22(20)30-24/h3-13,15H,14H2,1-2H3,(H,26,28). The van der Waals surface area contributed by atoms with Crippen LogP contribution < -0.4 is 10.1 Å². The minimum absolute atomic E-state index is 0.0945. The first-order chi connectivity index (χ1) is 14.5. The summed E-state index contributed by atoms with van der Waals surface area (Å²) >= 11 is 7.90. The Kier molecular flexibility index (Phi) is 6.02. The summed E-state index contributed by atoms with van der Waals surface area (Å²) in [5.41, 5.74) is 3.62. The maximum atomic E-state index is 12.4. The van der Waals surface area contributed by atoms with Gasteiger partial charge in [-0.25, -0.2) is 4.98 Å². The van der Waals surface area contributed by atoms with Crippen molar-refractivity contribution in [2.24, 2.45) is 0 Å². The molecule has 0 saturated carbocycles. The van der Waals surface area contributed by atoms with Gasteiger partial charge in [0.15, 0.2) is 6.61 Å². The van der Waals surface area contributed by atoms with Gasteiger partial charge < -0.3 is 10.1 Å². The Balaban J connectivity index is 1.44. The topological polar surface area (TPSA) is 51.2 Å². The van der Waals surface area contributed by atoms with Gasteiger partial charge >= 0.3 is 0 Å². The minimum Gasteiger partial charge on any atom is -0.484 e. The van der Waals surface area contributed by atoms with Gasteiger partial charge in [0.2, 0.25) is 0 Å². The molecule has 0 aliphatic carbocycles. The van der Waals surface area contributed by atoms with Crippen molar-refractivity contribution in [3.05, 3.63) is 77.3 Å². The summed E-state index contributed by atoms with van der Waals surface area (Å²) in [4.78, 5) is 17.1. The molecule has 4 rings (SSSR count). The summed E-state index contributed by atoms with van der Waals surface area (Å²) in [6, 6.07) is 21.3. The first kappa shape index (κ1) is 20.4. The highest BCUT2D eigenvalue weighted by molar-refractivity contribution is 7.21. The fourth-order valence-corrected chi connectivity index (χ4v) is 4.16. The number of hydrogen-bond donors (Lipinski definition) is 1. The van der Waals surface area contributed by atoms with Gasteiger partial charge in [0.25, 0.3) is 5.91 Å². The molecule has 0 saturated heterocycles. The van der Waals surface area contributed by atoms with E-state index in [1.54, 1.807) is 17.4 Å². The van der Waals surface area contributed by atoms with E-state index >= 15 is 0 Å². The maximum Gasteiger partial charge on any atom is 0.262 e. The molecule has 6 heteroatoms. The molecule has 0 unspecified atom stereocenters. The first-order valence-corrected chi connectivity index (χ1v) is 10.9. The Labute approximate surface area is 184 Å². The van der Waals surface area contributed by atoms with Crippen LogP contribution in [0.2, 0.25) is 5.02 Å². The van der Waals surface area contributed by atoms with Crippen LogP contribution in [0.3, 0.4) is 0 Å². The highest BCUT2D eigenvalue weighted by Crippen LogP contribution is 2.33. The third-order valence-corrected chi connectivity index (χ3v) is 6.11. The lowest BCUT2D eigenvalue weighted by atomic mass is 10.0. The highest BCUT2D eigenvalue weighted by Gasteiger charge is 2.11. The Morgan fingerprint density at radius 1 is 1.10 bits per heavy atom. The van der Waals surface area contributed by atoms with Crippen LogP contribution in [0.15, 0.2) is 66.7 Å². The molecule has 1 heterocycles. The van der Waals surface area contributed by atoms with Crippen LogP contribution in [-0.2, 0) is 4.79 Å². The molecule has 152 valence electrons. The molecule has 0 spiro atoms. The number of halogens is 1. The molecule has 0 aliphatic rings. The van der Waals surface area contributed by atoms with Crippen LogP contribution in [0, 0.1) is 0 Å². The Hall–Kier alpha value is -2.89. The second-order valence-corrected chi connectivity index (χ2v) is 8.68. The van der Waals surface area contributed by atoms with Crippen LogP contribution in [0.1, 0.15) is 25.3 Å². The number of carbonyl (C=O) groups excluding carboxylic acids is 1. The van der Waals surface area contributed by atoms with Gasteiger partial charge in [-0.15, -0.1) is 11.3 Å². The number of rotatable bonds is 6. The van der Waals surface area contributed by atoms with Gasteiger partial charge in [-0.2, -0.15) is 0 Å². The van der Waals surface area contributed by atoms with E-state index in [-0.39, 0.29) is 12.5 Å². The second-order valence-electron chi connectivity index (χ2n) is 7.24. The molecule has 0 aliphatic heterocycles. The van der Waals surface area contributed by atoms with E-state index in [1.807, 2.05) is 60.7 Å². The van der Waals surface area contributed by atoms with E-state index in [0.29, 0.717) is 22.4 Å². The Morgan fingerprint density at radius 3 is 2.60 bits per heavy atom. The molecule has 0 radical (unpaired) electrons. The van der Waals surface area contributed by atoms with Crippen molar-refractivity contribution in [1.29, 1.82) is 0 Å². The lowest BCUT2D eigenvalue weighted by Gasteiger charge is -2.11. The number of carbonyl (C=O) groups is 1. The van der Waals surface area contributed by atoms with Gasteiger partial charge in [0, 0.05) is 5.56 Å². The van der Waals surface area contributed by atoms with E-state index in [4.69, 9.17) is 16.3 Å². The molecule has 3 aromatic carbocycles. The summed E-state index contributed by atoms with van der Waals surface area (Å²) in [6.07, 6.45) is 0. The molecule has 1 aromatic heterocycles. The fraction of sp³-hybridized carbons (Fsp3) is 0.167. The number of anilines is 1. The fourth-order valence-electron chi connectivity index (χ4n) is 3.03. The second kappa shape index (κ2) is 8.86. The van der Waals surface area contributed by atoms with E-state index in [0.717, 1.165) is 20.8 Å². The SMILES string of the molecule is CC(C)c1ccc(OCC(=O)Nc2cc(-c3nc4ccccc4s3)ccc2Cl)cc1. The van der Waals surface area contributed by atoms with E-state index in [9.17, 15) is 4.79 Å². The lowest BCUT2D eigenvalue weighted by molar-refractivity contribution is -0.118. The quantitative estimate of drug-likeness (QED) is 0.363. The average molecular weight is 437 g/mol. The van der Waals surface area contributed by atoms with Gasteiger partial charge in [0.05, 0.1) is 20.9 Å². The molecule has 1 N–H and O–H groups in total. The average Bonchev–Trinajstić information content (AvgIpc) is 3.18. The number of aromatic nitrogens is 1. The smallest absolute Gasteiger partial charge is 0.262 e. The molecule has 0 fully saturated rings. The Morgan fingerprint density at radius 2 is 1.87 bits per heavy atom. The molecule has 0 atom stereocenters. The number of fused-ring (bicyclic) bond motifs is 1. The molecule has 4 nitrogen and oxygen atoms in total. The molecular weight excluding hydrogens is 416 g/mol. The number of nitrogens with one attached hydrogen (secondary N) is 1. The number of amides is 1. The van der Waals surface area contributed by atoms with Gasteiger partial charge in [-0.3, -0.25) is 4.79 Å². The molecule has 30 heavy (non-hydrogen) atoms. The molecular formula is C24H21ClN2O2S. The Bertz CT molecular complexity index is 1150. The minimum atomic E-state index is -0.272. The van der Waals surface area contributed by atoms with Crippen LogP contribution in [0.25, 0.3) is 20.8 Å². The summed E-state index contributed by atoms with van der Waals surface area (Å²) in [7, 11) is 0. The predicted molar refractivity (Wildman–Crippen MR) is 125 cm³/mol. The van der Waals surface area contributed by atoms with E-state index < -0.39 is 0 Å². The first-order valence-electron chi connectivity index (χ1n) is 9.68. The van der Waals surface area contributed by atoms with Crippen LogP contribution in [0.4, 0.5) is 5.69 Å². The third kappa shape index (κ3) is 4.64. The van der Waals surface area contributed by atoms with Gasteiger partial charge in [-0.05, 0) is 47.9 Å². The zero-order valence-electron chi connectivity index (χ0n) is 16.7. The zero-order valence-corrected chi connectivity index (χ0v) is 18.3. The summed E-state index contributed by atoms with van der Waals surface area (Å²) < 4.78 is 6.72. The lowest BCUT2D eigenvalue weighted by Crippen LogP contribution is -2.20. The largest absolute Gasteiger partial charge is 0.484 e. The number of hydrogen-bond acceptors (Lipinski definition) is 4. The number of para-hydroxylation sites is 1. The zero-order chi connectivity index (χ0) is 21.1. The third-order valence-electron chi connectivity index (χ3n) is 4.70. The van der Waals surface area contributed by atoms with Crippen LogP contribution >= 0.6 is 22.9 Å². The monoisotopic (exact) mass is 436 g/mol. The van der Waals surface area contributed by atoms with E-state index in [2.05, 4.69) is 24.1 Å². The van der Waals surface area contributed by atoms with Crippen LogP contribution in [0.5, 0.6) is 5.75 Å². The van der Waals surface area contributed by atoms with Gasteiger partial charge in [0.1, 0.15) is 10.8 Å². The predicted octanol–water partition coefficient (Wildman–Crippen LogP) is 6.76. The maximum absolute atomic E-state index is 12.4. The summed E-state index contributed by atoms with van der Waals surface area (Å²) in [5, 5.41) is 4.18. The molecule has 1 amide bonds. The van der Waals surface area contributed by atoms with Crippen molar-refractivity contribution in [2.75, 3.05) is 11.9 Å². The van der Waals surface area contributed by atoms with Crippen molar-refractivity contribution in [3.8, 4) is 16.3 Å². The van der Waals surface area contributed by atoms with Crippen molar-refractivity contribution < 1.29 is 9.53 Å². The normalized spacial score (nSPS) is 11.1. The highest BCUT2D eigenvalue weighted by atomic mass is 35.5. The van der Waals surface area contributed by atoms with Crippen molar-refractivity contribution in [3.63, 3.8) is 0 Å². The number of nitrogens with zero attached hydrogens (tertiary/aromatic N) is 1. The molecule has 4 aromatic rings. The van der Waals surface area contributed by atoms with Crippen LogP contribution in [-0.4, -0.2) is 17.5 Å². The van der Waals surface area contributed by atoms with Gasteiger partial charge in [-0.1, -0.05) is 55.8 Å². The number of ether oxygens (including phenoxy) is 1. The van der Waals surface area contributed by atoms with Crippen molar-refractivity contribution >= 4 is 44.7 Å². The van der Waals surface area contributed by atoms with Crippen molar-refractivity contribution in [2.45, 2.75) is 19.8 Å². The summed E-state index contributed by atoms with van der Waals surface area (Å²) in [5.74, 6) is 0.836. The van der Waals surface area contributed by atoms with E-state index in [1.165, 1.54) is 5.56 Å². The molecule has 0 bridgehead atoms. The summed E-state index contributed by atoms with van der Waals surface area (Å²) in [6.45, 7) is 4.17. The number of thiazole rings is 1. The van der Waals surface area contributed by atoms with Crippen molar-refractivity contribution in [1.82, 2.24) is 4.98 Å². The number of benzene rings is 3.